The Kier molecular flexibility index (Phi) is 5.90. The smallest absolute Gasteiger partial charge is 0.245 e. The maximum Gasteiger partial charge on any atom is 0.245 e. The minimum atomic E-state index is -1.17. The van der Waals surface area contributed by atoms with Gasteiger partial charge in [-0.05, 0) is 25.7 Å². The quantitative estimate of drug-likeness (QED) is 0.469. The Morgan fingerprint density at radius 1 is 1.41 bits per heavy atom. The lowest BCUT2D eigenvalue weighted by Crippen LogP contribution is -2.60. The molecule has 8 heteroatoms. The van der Waals surface area contributed by atoms with Gasteiger partial charge in [0.2, 0.25) is 23.6 Å². The third-order valence-electron chi connectivity index (χ3n) is 3.45. The average molecular weight is 312 g/mol. The Morgan fingerprint density at radius 2 is 2.05 bits per heavy atom. The molecule has 0 aliphatic carbocycles. The van der Waals surface area contributed by atoms with Crippen LogP contribution in [-0.4, -0.2) is 41.8 Å². The van der Waals surface area contributed by atoms with E-state index in [9.17, 15) is 19.2 Å². The number of rotatable bonds is 7. The monoisotopic (exact) mass is 312 g/mol. The largest absolute Gasteiger partial charge is 0.368 e. The van der Waals surface area contributed by atoms with Crippen LogP contribution in [0.2, 0.25) is 0 Å². The first kappa shape index (κ1) is 17.9. The summed E-state index contributed by atoms with van der Waals surface area (Å²) in [5, 5.41) is 7.67. The summed E-state index contributed by atoms with van der Waals surface area (Å²) < 4.78 is 0. The van der Waals surface area contributed by atoms with Crippen molar-refractivity contribution in [3.05, 3.63) is 0 Å². The zero-order chi connectivity index (χ0) is 16.9. The Balaban J connectivity index is 2.77. The van der Waals surface area contributed by atoms with Crippen molar-refractivity contribution in [3.8, 4) is 0 Å². The van der Waals surface area contributed by atoms with E-state index in [4.69, 9.17) is 5.73 Å². The molecule has 0 unspecified atom stereocenters. The standard InChI is InChI=1S/C14H24N4O4/c1-8(2)6-14(3,13(22)16-7-10(15)19)18-12(21)9-4-5-11(20)17-9/h8-9H,4-7H2,1-3H3,(H2,15,19)(H,16,22)(H,17,20)(H,18,21)/t9-,14+/m0/s1. The average Bonchev–Trinajstić information content (AvgIpc) is 2.81. The van der Waals surface area contributed by atoms with Gasteiger partial charge in [-0.1, -0.05) is 13.8 Å². The fraction of sp³-hybridized carbons (Fsp3) is 0.714. The highest BCUT2D eigenvalue weighted by molar-refractivity contribution is 5.96. The summed E-state index contributed by atoms with van der Waals surface area (Å²) in [6.45, 7) is 5.15. The van der Waals surface area contributed by atoms with Crippen LogP contribution in [0.1, 0.15) is 40.0 Å². The molecule has 1 fully saturated rings. The van der Waals surface area contributed by atoms with Crippen LogP contribution in [0.25, 0.3) is 0 Å². The van der Waals surface area contributed by atoms with Gasteiger partial charge in [-0.2, -0.15) is 0 Å². The van der Waals surface area contributed by atoms with Crippen LogP contribution in [0.3, 0.4) is 0 Å². The van der Waals surface area contributed by atoms with Crippen LogP contribution in [0, 0.1) is 5.92 Å². The molecule has 1 rings (SSSR count). The number of amides is 4. The molecular weight excluding hydrogens is 288 g/mol. The fourth-order valence-corrected chi connectivity index (χ4v) is 2.55. The molecule has 0 saturated carbocycles. The molecule has 22 heavy (non-hydrogen) atoms. The molecule has 1 aliphatic rings. The second kappa shape index (κ2) is 7.24. The van der Waals surface area contributed by atoms with Crippen LogP contribution in [-0.2, 0) is 19.2 Å². The minimum Gasteiger partial charge on any atom is -0.368 e. The van der Waals surface area contributed by atoms with E-state index in [1.807, 2.05) is 13.8 Å². The first-order chi connectivity index (χ1) is 10.1. The van der Waals surface area contributed by atoms with Gasteiger partial charge in [0.05, 0.1) is 6.54 Å². The summed E-state index contributed by atoms with van der Waals surface area (Å²) in [6.07, 6.45) is 1.10. The molecular formula is C14H24N4O4. The Bertz CT molecular complexity index is 477. The number of nitrogens with one attached hydrogen (secondary N) is 3. The van der Waals surface area contributed by atoms with Crippen molar-refractivity contribution in [3.63, 3.8) is 0 Å². The summed E-state index contributed by atoms with van der Waals surface area (Å²) in [7, 11) is 0. The van der Waals surface area contributed by atoms with Crippen molar-refractivity contribution in [2.75, 3.05) is 6.54 Å². The van der Waals surface area contributed by atoms with Gasteiger partial charge < -0.3 is 21.7 Å². The van der Waals surface area contributed by atoms with E-state index < -0.39 is 29.3 Å². The lowest BCUT2D eigenvalue weighted by atomic mass is 9.89. The van der Waals surface area contributed by atoms with E-state index in [1.54, 1.807) is 6.92 Å². The lowest BCUT2D eigenvalue weighted by molar-refractivity contribution is -0.135. The van der Waals surface area contributed by atoms with Crippen molar-refractivity contribution in [1.82, 2.24) is 16.0 Å². The third-order valence-corrected chi connectivity index (χ3v) is 3.45. The zero-order valence-corrected chi connectivity index (χ0v) is 13.2. The van der Waals surface area contributed by atoms with Crippen molar-refractivity contribution < 1.29 is 19.2 Å². The van der Waals surface area contributed by atoms with Gasteiger partial charge in [0.25, 0.3) is 0 Å². The van der Waals surface area contributed by atoms with E-state index in [1.165, 1.54) is 0 Å². The number of hydrogen-bond donors (Lipinski definition) is 4. The van der Waals surface area contributed by atoms with Gasteiger partial charge in [0.15, 0.2) is 0 Å². The number of carbonyl (C=O) groups is 4. The topological polar surface area (TPSA) is 130 Å². The van der Waals surface area contributed by atoms with Gasteiger partial charge in [-0.15, -0.1) is 0 Å². The summed E-state index contributed by atoms with van der Waals surface area (Å²) >= 11 is 0. The number of primary amides is 1. The second-order valence-electron chi connectivity index (χ2n) is 6.23. The highest BCUT2D eigenvalue weighted by Gasteiger charge is 2.38. The Labute approximate surface area is 129 Å². The molecule has 1 saturated heterocycles. The van der Waals surface area contributed by atoms with E-state index in [2.05, 4.69) is 16.0 Å². The Hall–Kier alpha value is -2.12. The minimum absolute atomic E-state index is 0.141. The van der Waals surface area contributed by atoms with Crippen LogP contribution in [0.15, 0.2) is 0 Å². The molecule has 0 aromatic carbocycles. The Morgan fingerprint density at radius 3 is 2.50 bits per heavy atom. The van der Waals surface area contributed by atoms with Crippen molar-refractivity contribution >= 4 is 23.6 Å². The van der Waals surface area contributed by atoms with Gasteiger partial charge >= 0.3 is 0 Å². The number of nitrogens with two attached hydrogens (primary N) is 1. The van der Waals surface area contributed by atoms with Gasteiger partial charge in [0, 0.05) is 6.42 Å². The molecule has 0 bridgehead atoms. The molecule has 5 N–H and O–H groups in total. The molecule has 4 amide bonds. The molecule has 0 aromatic heterocycles. The van der Waals surface area contributed by atoms with Crippen molar-refractivity contribution in [2.24, 2.45) is 11.7 Å². The molecule has 1 heterocycles. The highest BCUT2D eigenvalue weighted by Crippen LogP contribution is 2.18. The van der Waals surface area contributed by atoms with E-state index >= 15 is 0 Å². The molecule has 124 valence electrons. The molecule has 1 aliphatic heterocycles. The highest BCUT2D eigenvalue weighted by atomic mass is 16.2. The van der Waals surface area contributed by atoms with Crippen LogP contribution in [0.5, 0.6) is 0 Å². The van der Waals surface area contributed by atoms with E-state index in [-0.39, 0.29) is 18.4 Å². The first-order valence-corrected chi connectivity index (χ1v) is 7.32. The third kappa shape index (κ3) is 5.01. The first-order valence-electron chi connectivity index (χ1n) is 7.32. The SMILES string of the molecule is CC(C)C[C@@](C)(NC(=O)[C@@H]1CCC(=O)N1)C(=O)NCC(N)=O. The predicted octanol–water partition coefficient (Wildman–Crippen LogP) is -1.21. The summed E-state index contributed by atoms with van der Waals surface area (Å²) in [5.74, 6) is -1.57. The molecule has 2 atom stereocenters. The molecule has 0 aromatic rings. The van der Waals surface area contributed by atoms with Gasteiger partial charge in [0.1, 0.15) is 11.6 Å². The van der Waals surface area contributed by atoms with Crippen molar-refractivity contribution in [1.29, 1.82) is 0 Å². The van der Waals surface area contributed by atoms with Crippen LogP contribution >= 0.6 is 0 Å². The van der Waals surface area contributed by atoms with E-state index in [0.717, 1.165) is 0 Å². The number of carbonyl (C=O) groups excluding carboxylic acids is 4. The van der Waals surface area contributed by atoms with Crippen molar-refractivity contribution in [2.45, 2.75) is 51.6 Å². The number of hydrogen-bond acceptors (Lipinski definition) is 4. The van der Waals surface area contributed by atoms with Crippen LogP contribution in [0.4, 0.5) is 0 Å². The lowest BCUT2D eigenvalue weighted by Gasteiger charge is -2.32. The maximum atomic E-state index is 12.3. The van der Waals surface area contributed by atoms with Gasteiger partial charge in [-0.3, -0.25) is 19.2 Å². The van der Waals surface area contributed by atoms with E-state index in [0.29, 0.717) is 19.3 Å². The van der Waals surface area contributed by atoms with Crippen LogP contribution < -0.4 is 21.7 Å². The van der Waals surface area contributed by atoms with Gasteiger partial charge in [-0.25, -0.2) is 0 Å². The zero-order valence-electron chi connectivity index (χ0n) is 13.2. The molecule has 8 nitrogen and oxygen atoms in total. The maximum absolute atomic E-state index is 12.3. The summed E-state index contributed by atoms with van der Waals surface area (Å²) in [6, 6.07) is -0.622. The summed E-state index contributed by atoms with van der Waals surface area (Å²) in [5.41, 5.74) is 3.84. The fourth-order valence-electron chi connectivity index (χ4n) is 2.55. The normalized spacial score (nSPS) is 20.2. The molecule has 0 spiro atoms. The summed E-state index contributed by atoms with van der Waals surface area (Å²) in [4.78, 5) is 46.5. The second-order valence-corrected chi connectivity index (χ2v) is 6.23. The predicted molar refractivity (Wildman–Crippen MR) is 79.4 cm³/mol. The molecule has 0 radical (unpaired) electrons.